The second-order valence-corrected chi connectivity index (χ2v) is 8.04. The zero-order chi connectivity index (χ0) is 21.8. The van der Waals surface area contributed by atoms with Crippen molar-refractivity contribution in [2.24, 2.45) is 0 Å². The van der Waals surface area contributed by atoms with E-state index in [4.69, 9.17) is 14.5 Å². The fourth-order valence-electron chi connectivity index (χ4n) is 2.42. The summed E-state index contributed by atoms with van der Waals surface area (Å²) in [5, 5.41) is 21.2. The molecule has 0 radical (unpaired) electrons. The van der Waals surface area contributed by atoms with Gasteiger partial charge in [-0.3, -0.25) is 24.3 Å². The van der Waals surface area contributed by atoms with Gasteiger partial charge in [-0.15, -0.1) is 0 Å². The number of esters is 1. The van der Waals surface area contributed by atoms with E-state index in [1.807, 2.05) is 6.92 Å². The summed E-state index contributed by atoms with van der Waals surface area (Å²) in [6.07, 6.45) is -1.12. The summed E-state index contributed by atoms with van der Waals surface area (Å²) in [5.74, 6) is -3.07. The number of carbonyl (C=O) groups excluding carboxylic acids is 2. The Bertz CT molecular complexity index is 1000. The van der Waals surface area contributed by atoms with Gasteiger partial charge in [0.15, 0.2) is 11.5 Å². The number of aryl methyl sites for hydroxylation is 1. The number of hydrogen-bond donors (Lipinski definition) is 3. The predicted molar refractivity (Wildman–Crippen MR) is 108 cm³/mol. The third kappa shape index (κ3) is 7.32. The first-order valence-electron chi connectivity index (χ1n) is 8.36. The van der Waals surface area contributed by atoms with Crippen molar-refractivity contribution in [1.82, 2.24) is 0 Å². The number of nitrogens with zero attached hydrogens (tertiary/aromatic N) is 1. The van der Waals surface area contributed by atoms with Crippen molar-refractivity contribution in [2.75, 3.05) is 6.16 Å². The van der Waals surface area contributed by atoms with Crippen molar-refractivity contribution in [3.63, 3.8) is 0 Å². The quantitative estimate of drug-likeness (QED) is 0.104. The number of ketones is 1. The summed E-state index contributed by atoms with van der Waals surface area (Å²) in [7, 11) is -4.28. The van der Waals surface area contributed by atoms with Crippen LogP contribution in [-0.4, -0.2) is 67.3 Å². The molecule has 2 aromatic carbocycles. The first kappa shape index (κ1) is 26.0. The van der Waals surface area contributed by atoms with Crippen LogP contribution in [0.4, 0.5) is 5.69 Å². The molecule has 2 aromatic rings. The average Bonchev–Trinajstić information content (AvgIpc) is 2.62. The maximum atomic E-state index is 12.6. The van der Waals surface area contributed by atoms with Gasteiger partial charge in [-0.1, -0.05) is 29.8 Å². The number of carbonyl (C=O) groups is 2. The first-order chi connectivity index (χ1) is 13.5. The van der Waals surface area contributed by atoms with Gasteiger partial charge in [0.1, 0.15) is 0 Å². The third-order valence-corrected chi connectivity index (χ3v) is 4.78. The van der Waals surface area contributed by atoms with Crippen LogP contribution in [0.2, 0.25) is 0 Å². The predicted octanol–water partition coefficient (Wildman–Crippen LogP) is 2.05. The molecule has 0 aliphatic rings. The van der Waals surface area contributed by atoms with Gasteiger partial charge < -0.3 is 19.6 Å². The van der Waals surface area contributed by atoms with Crippen LogP contribution in [0.1, 0.15) is 34.3 Å². The number of nitro benzene ring substituents is 1. The van der Waals surface area contributed by atoms with E-state index in [-0.39, 0.29) is 47.1 Å². The fourth-order valence-corrected chi connectivity index (χ4v) is 2.99. The van der Waals surface area contributed by atoms with Gasteiger partial charge in [0.25, 0.3) is 0 Å². The first-order valence-corrected chi connectivity index (χ1v) is 10.2. The SMILES string of the molecule is Cc1ccc(C(=O)c2cc(OC(=O)CCCP(=O)(O)O)c(O)c([N+](=O)[O-])c2)cc1.[NaH]. The molecular weight excluding hydrogens is 428 g/mol. The van der Waals surface area contributed by atoms with Crippen molar-refractivity contribution in [2.45, 2.75) is 19.8 Å². The number of aromatic hydroxyl groups is 1. The molecule has 0 aliphatic carbocycles. The molecule has 10 nitrogen and oxygen atoms in total. The summed E-state index contributed by atoms with van der Waals surface area (Å²) in [6, 6.07) is 8.32. The van der Waals surface area contributed by atoms with Crippen LogP contribution in [0.3, 0.4) is 0 Å². The minimum atomic E-state index is -4.28. The standard InChI is InChI=1S/C18H18NO9P.Na.H/c1-11-4-6-12(7-5-11)17(21)13-9-14(19(23)24)18(22)15(10-13)28-16(20)3-2-8-29(25,26)27;;/h4-7,9-10,22H,2-3,8H2,1H3,(H2,25,26,27);;. The van der Waals surface area contributed by atoms with Crippen LogP contribution < -0.4 is 4.74 Å². The van der Waals surface area contributed by atoms with E-state index in [9.17, 15) is 29.4 Å². The van der Waals surface area contributed by atoms with Crippen molar-refractivity contribution < 1.29 is 38.7 Å². The average molecular weight is 447 g/mol. The molecule has 0 saturated heterocycles. The molecule has 30 heavy (non-hydrogen) atoms. The van der Waals surface area contributed by atoms with E-state index in [0.717, 1.165) is 17.7 Å². The molecule has 0 amide bonds. The zero-order valence-electron chi connectivity index (χ0n) is 15.3. The Balaban J connectivity index is 0.00000450. The summed E-state index contributed by atoms with van der Waals surface area (Å²) in [5.41, 5.74) is 0.162. The van der Waals surface area contributed by atoms with Gasteiger partial charge in [-0.05, 0) is 19.4 Å². The monoisotopic (exact) mass is 447 g/mol. The van der Waals surface area contributed by atoms with Gasteiger partial charge in [0.2, 0.25) is 5.75 Å². The summed E-state index contributed by atoms with van der Waals surface area (Å²) in [6.45, 7) is 1.82. The van der Waals surface area contributed by atoms with E-state index in [1.165, 1.54) is 12.1 Å². The normalized spacial score (nSPS) is 10.8. The molecule has 3 N–H and O–H groups in total. The maximum absolute atomic E-state index is 12.6. The number of benzene rings is 2. The summed E-state index contributed by atoms with van der Waals surface area (Å²) < 4.78 is 15.7. The van der Waals surface area contributed by atoms with E-state index in [1.54, 1.807) is 12.1 Å². The van der Waals surface area contributed by atoms with Crippen LogP contribution in [-0.2, 0) is 9.36 Å². The van der Waals surface area contributed by atoms with Crippen LogP contribution in [0.25, 0.3) is 0 Å². The molecule has 0 heterocycles. The van der Waals surface area contributed by atoms with Crippen LogP contribution in [0.5, 0.6) is 11.5 Å². The van der Waals surface area contributed by atoms with Crippen LogP contribution in [0.15, 0.2) is 36.4 Å². The zero-order valence-corrected chi connectivity index (χ0v) is 16.2. The fraction of sp³-hybridized carbons (Fsp3) is 0.222. The van der Waals surface area contributed by atoms with E-state index >= 15 is 0 Å². The molecule has 0 aromatic heterocycles. The Morgan fingerprint density at radius 1 is 1.13 bits per heavy atom. The molecule has 0 atom stereocenters. The minimum absolute atomic E-state index is 0. The molecule has 2 rings (SSSR count). The molecule has 0 spiro atoms. The molecule has 12 heteroatoms. The van der Waals surface area contributed by atoms with E-state index in [0.29, 0.717) is 0 Å². The van der Waals surface area contributed by atoms with Gasteiger partial charge >= 0.3 is 48.8 Å². The van der Waals surface area contributed by atoms with Crippen molar-refractivity contribution in [1.29, 1.82) is 0 Å². The third-order valence-electron chi connectivity index (χ3n) is 3.88. The van der Waals surface area contributed by atoms with Gasteiger partial charge in [-0.2, -0.15) is 0 Å². The number of nitro groups is 1. The Hall–Kier alpha value is -2.07. The molecule has 156 valence electrons. The van der Waals surface area contributed by atoms with Gasteiger partial charge in [0.05, 0.1) is 11.1 Å². The molecule has 0 fully saturated rings. The van der Waals surface area contributed by atoms with Crippen molar-refractivity contribution in [3.05, 3.63) is 63.2 Å². The number of ether oxygens (including phenoxy) is 1. The molecule has 0 saturated carbocycles. The Morgan fingerprint density at radius 2 is 1.73 bits per heavy atom. The Labute approximate surface area is 193 Å². The Morgan fingerprint density at radius 3 is 2.27 bits per heavy atom. The second kappa shape index (κ2) is 10.8. The molecular formula is C18H19NNaO9P. The number of hydrogen-bond acceptors (Lipinski definition) is 7. The summed E-state index contributed by atoms with van der Waals surface area (Å²) in [4.78, 5) is 52.4. The van der Waals surface area contributed by atoms with Crippen LogP contribution in [0, 0.1) is 17.0 Å². The van der Waals surface area contributed by atoms with Crippen molar-refractivity contribution in [3.8, 4) is 11.5 Å². The number of phenols is 1. The summed E-state index contributed by atoms with van der Waals surface area (Å²) >= 11 is 0. The second-order valence-electron chi connectivity index (χ2n) is 6.26. The number of rotatable bonds is 8. The molecule has 0 bridgehead atoms. The van der Waals surface area contributed by atoms with Gasteiger partial charge in [-0.25, -0.2) is 0 Å². The molecule has 0 aliphatic heterocycles. The van der Waals surface area contributed by atoms with Crippen LogP contribution >= 0.6 is 7.60 Å². The number of phenolic OH excluding ortho intramolecular Hbond substituents is 1. The van der Waals surface area contributed by atoms with Crippen molar-refractivity contribution >= 4 is 54.6 Å². The Kier molecular flexibility index (Phi) is 9.35. The topological polar surface area (TPSA) is 164 Å². The van der Waals surface area contributed by atoms with E-state index in [2.05, 4.69) is 0 Å². The molecule has 0 unspecified atom stereocenters. The van der Waals surface area contributed by atoms with Gasteiger partial charge in [0, 0.05) is 23.6 Å². The van der Waals surface area contributed by atoms with E-state index < -0.39 is 54.0 Å².